The summed E-state index contributed by atoms with van der Waals surface area (Å²) in [6.07, 6.45) is 7.49. The average molecular weight is 466 g/mol. The number of aromatic nitrogens is 3. The van der Waals surface area contributed by atoms with Gasteiger partial charge in [-0.2, -0.15) is 0 Å². The van der Waals surface area contributed by atoms with Crippen LogP contribution in [-0.4, -0.2) is 32.7 Å². The van der Waals surface area contributed by atoms with Crippen LogP contribution >= 0.6 is 0 Å². The molecule has 3 rings (SSSR count). The Morgan fingerprint density at radius 3 is 2.26 bits per heavy atom. The van der Waals surface area contributed by atoms with Gasteiger partial charge in [0.05, 0.1) is 12.5 Å². The van der Waals surface area contributed by atoms with Crippen LogP contribution in [0.1, 0.15) is 84.3 Å². The highest BCUT2D eigenvalue weighted by Gasteiger charge is 2.25. The largest absolute Gasteiger partial charge is 0.505 e. The predicted octanol–water partition coefficient (Wildman–Crippen LogP) is 6.51. The molecule has 0 bridgehead atoms. The molecule has 34 heavy (non-hydrogen) atoms. The highest BCUT2D eigenvalue weighted by molar-refractivity contribution is 5.74. The lowest BCUT2D eigenvalue weighted by Crippen LogP contribution is -2.19. The number of aromatic hydroxyl groups is 1. The topological polar surface area (TPSA) is 77.2 Å². The van der Waals surface area contributed by atoms with Crippen LogP contribution in [0.4, 0.5) is 0 Å². The predicted molar refractivity (Wildman–Crippen MR) is 136 cm³/mol. The van der Waals surface area contributed by atoms with Gasteiger partial charge in [0, 0.05) is 5.56 Å². The molecule has 184 valence electrons. The number of benzene rings is 2. The van der Waals surface area contributed by atoms with Crippen molar-refractivity contribution in [1.82, 2.24) is 15.0 Å². The van der Waals surface area contributed by atoms with Crippen LogP contribution in [-0.2, 0) is 21.4 Å². The summed E-state index contributed by atoms with van der Waals surface area (Å²) in [5, 5.41) is 20.2. The van der Waals surface area contributed by atoms with Gasteiger partial charge in [0.1, 0.15) is 22.5 Å². The van der Waals surface area contributed by atoms with E-state index >= 15 is 0 Å². The third kappa shape index (κ3) is 6.58. The fourth-order valence-corrected chi connectivity index (χ4v) is 4.12. The zero-order valence-electron chi connectivity index (χ0n) is 21.3. The molecule has 0 aliphatic heterocycles. The smallest absolute Gasteiger partial charge is 0.308 e. The quantitative estimate of drug-likeness (QED) is 0.258. The van der Waals surface area contributed by atoms with Gasteiger partial charge >= 0.3 is 5.97 Å². The minimum Gasteiger partial charge on any atom is -0.505 e. The van der Waals surface area contributed by atoms with Gasteiger partial charge in [-0.05, 0) is 42.0 Å². The Hall–Kier alpha value is -2.89. The van der Waals surface area contributed by atoms with Crippen molar-refractivity contribution < 1.29 is 14.6 Å². The number of hydrogen-bond acceptors (Lipinski definition) is 5. The van der Waals surface area contributed by atoms with E-state index in [0.717, 1.165) is 35.0 Å². The molecule has 0 spiro atoms. The summed E-state index contributed by atoms with van der Waals surface area (Å²) in [5.74, 6) is -0.298. The van der Waals surface area contributed by atoms with Gasteiger partial charge in [0.25, 0.3) is 0 Å². The summed E-state index contributed by atoms with van der Waals surface area (Å²) in [6.45, 7) is 10.8. The van der Waals surface area contributed by atoms with E-state index in [4.69, 9.17) is 4.74 Å². The van der Waals surface area contributed by atoms with E-state index in [1.807, 2.05) is 43.3 Å². The minimum atomic E-state index is -0.289. The van der Waals surface area contributed by atoms with Gasteiger partial charge in [-0.3, -0.25) is 4.79 Å². The van der Waals surface area contributed by atoms with E-state index in [9.17, 15) is 9.90 Å². The molecular formula is C28H39N3O3. The number of carbonyl (C=O) groups is 1. The van der Waals surface area contributed by atoms with Crippen LogP contribution in [0.15, 0.2) is 36.4 Å². The second kappa shape index (κ2) is 11.5. The number of unbranched alkanes of at least 4 members (excludes halogenated alkanes) is 5. The highest BCUT2D eigenvalue weighted by atomic mass is 16.5. The van der Waals surface area contributed by atoms with Crippen LogP contribution in [0, 0.1) is 5.92 Å². The molecule has 1 N–H and O–H groups in total. The van der Waals surface area contributed by atoms with Gasteiger partial charge in [-0.1, -0.05) is 84.9 Å². The van der Waals surface area contributed by atoms with E-state index in [2.05, 4.69) is 37.9 Å². The van der Waals surface area contributed by atoms with Crippen molar-refractivity contribution in [2.45, 2.75) is 85.0 Å². The fourth-order valence-electron chi connectivity index (χ4n) is 4.12. The average Bonchev–Trinajstić information content (AvgIpc) is 3.22. The van der Waals surface area contributed by atoms with Crippen molar-refractivity contribution in [3.63, 3.8) is 0 Å². The Morgan fingerprint density at radius 1 is 1.03 bits per heavy atom. The molecule has 0 amide bonds. The molecule has 0 aliphatic carbocycles. The van der Waals surface area contributed by atoms with Crippen molar-refractivity contribution in [3.8, 4) is 11.4 Å². The molecule has 6 heteroatoms. The first-order chi connectivity index (χ1) is 16.2. The normalized spacial score (nSPS) is 12.7. The summed E-state index contributed by atoms with van der Waals surface area (Å²) in [7, 11) is 0. The van der Waals surface area contributed by atoms with Gasteiger partial charge in [-0.15, -0.1) is 15.0 Å². The Bertz CT molecular complexity index is 1060. The molecule has 0 saturated carbocycles. The molecule has 1 aromatic heterocycles. The monoisotopic (exact) mass is 465 g/mol. The van der Waals surface area contributed by atoms with E-state index < -0.39 is 0 Å². The van der Waals surface area contributed by atoms with E-state index in [1.54, 1.807) is 0 Å². The first kappa shape index (κ1) is 25.7. The van der Waals surface area contributed by atoms with Crippen molar-refractivity contribution in [3.05, 3.63) is 47.5 Å². The molecule has 0 fully saturated rings. The maximum atomic E-state index is 12.6. The van der Waals surface area contributed by atoms with Gasteiger partial charge < -0.3 is 9.84 Å². The lowest BCUT2D eigenvalue weighted by molar-refractivity contribution is -0.148. The van der Waals surface area contributed by atoms with E-state index in [0.29, 0.717) is 18.7 Å². The van der Waals surface area contributed by atoms with Crippen molar-refractivity contribution in [1.29, 1.82) is 0 Å². The van der Waals surface area contributed by atoms with Crippen molar-refractivity contribution in [2.75, 3.05) is 6.61 Å². The number of hydrogen-bond donors (Lipinski definition) is 1. The molecule has 0 aliphatic rings. The molecule has 6 nitrogen and oxygen atoms in total. The molecule has 0 saturated heterocycles. The zero-order chi connectivity index (χ0) is 24.7. The number of ether oxygens (including phenoxy) is 1. The fraction of sp³-hybridized carbons (Fsp3) is 0.536. The number of carbonyl (C=O) groups excluding carboxylic acids is 1. The number of nitrogens with zero attached hydrogens (tertiary/aromatic N) is 3. The lowest BCUT2D eigenvalue weighted by atomic mass is 9.84. The molecule has 1 heterocycles. The summed E-state index contributed by atoms with van der Waals surface area (Å²) in [4.78, 5) is 14.1. The zero-order valence-corrected chi connectivity index (χ0v) is 21.3. The maximum Gasteiger partial charge on any atom is 0.308 e. The van der Waals surface area contributed by atoms with Crippen molar-refractivity contribution in [2.24, 2.45) is 5.92 Å². The Balaban J connectivity index is 1.74. The number of phenols is 1. The standard InChI is InChI=1S/C28H39N3O3/c1-6-7-8-9-10-13-16-34-27(33)20(2)17-21-18-22(28(3,4)5)26(32)25(19-21)31-29-23-14-11-12-15-24(23)30-31/h11-12,14-15,18-20,32H,6-10,13,16-17H2,1-5H3. The number of rotatable bonds is 11. The van der Waals surface area contributed by atoms with Gasteiger partial charge in [-0.25, -0.2) is 0 Å². The summed E-state index contributed by atoms with van der Waals surface area (Å²) < 4.78 is 5.54. The lowest BCUT2D eigenvalue weighted by Gasteiger charge is -2.23. The second-order valence-electron chi connectivity index (χ2n) is 10.3. The van der Waals surface area contributed by atoms with Crippen LogP contribution in [0.5, 0.6) is 5.75 Å². The number of phenolic OH excluding ortho intramolecular Hbond substituents is 1. The Morgan fingerprint density at radius 2 is 1.65 bits per heavy atom. The maximum absolute atomic E-state index is 12.6. The molecule has 1 unspecified atom stereocenters. The van der Waals surface area contributed by atoms with Crippen LogP contribution in [0.25, 0.3) is 16.7 Å². The second-order valence-corrected chi connectivity index (χ2v) is 10.3. The van der Waals surface area contributed by atoms with Crippen LogP contribution in [0.3, 0.4) is 0 Å². The summed E-state index contributed by atoms with van der Waals surface area (Å²) in [5.41, 5.74) is 3.50. The molecule has 0 radical (unpaired) electrons. The molecule has 2 aromatic carbocycles. The van der Waals surface area contributed by atoms with E-state index in [-0.39, 0.29) is 23.1 Å². The van der Waals surface area contributed by atoms with Gasteiger partial charge in [0.2, 0.25) is 0 Å². The van der Waals surface area contributed by atoms with Gasteiger partial charge in [0.15, 0.2) is 0 Å². The third-order valence-corrected chi connectivity index (χ3v) is 6.15. The SMILES string of the molecule is CCCCCCCCOC(=O)C(C)Cc1cc(-n2nc3ccccc3n2)c(O)c(C(C)(C)C)c1. The highest BCUT2D eigenvalue weighted by Crippen LogP contribution is 2.36. The Kier molecular flexibility index (Phi) is 8.70. The molecule has 3 aromatic rings. The minimum absolute atomic E-state index is 0.162. The molecular weight excluding hydrogens is 426 g/mol. The van der Waals surface area contributed by atoms with Crippen molar-refractivity contribution >= 4 is 17.0 Å². The Labute approximate surface area is 203 Å². The first-order valence-corrected chi connectivity index (χ1v) is 12.6. The molecule has 1 atom stereocenters. The van der Waals surface area contributed by atoms with Crippen LogP contribution in [0.2, 0.25) is 0 Å². The first-order valence-electron chi connectivity index (χ1n) is 12.6. The summed E-state index contributed by atoms with van der Waals surface area (Å²) in [6, 6.07) is 11.5. The number of esters is 1. The number of fused-ring (bicyclic) bond motifs is 1. The van der Waals surface area contributed by atoms with Crippen LogP contribution < -0.4 is 0 Å². The van der Waals surface area contributed by atoms with E-state index in [1.165, 1.54) is 30.5 Å². The third-order valence-electron chi connectivity index (χ3n) is 6.15. The summed E-state index contributed by atoms with van der Waals surface area (Å²) >= 11 is 0.